The van der Waals surface area contributed by atoms with Crippen LogP contribution in [0.2, 0.25) is 5.02 Å². The molecule has 0 aliphatic heterocycles. The van der Waals surface area contributed by atoms with Crippen LogP contribution in [0.15, 0.2) is 47.3 Å². The molecule has 0 saturated carbocycles. The van der Waals surface area contributed by atoms with E-state index in [1.807, 2.05) is 6.07 Å². The highest BCUT2D eigenvalue weighted by Gasteiger charge is 2.28. The Hall–Kier alpha value is -3.63. The molecule has 3 rings (SSSR count). The summed E-state index contributed by atoms with van der Waals surface area (Å²) in [6, 6.07) is 11.1. The molecule has 198 valence electrons. The van der Waals surface area contributed by atoms with E-state index in [1.165, 1.54) is 11.6 Å². The molecule has 0 spiro atoms. The lowest BCUT2D eigenvalue weighted by atomic mass is 10.0. The van der Waals surface area contributed by atoms with Gasteiger partial charge in [0.1, 0.15) is 17.3 Å². The topological polar surface area (TPSA) is 115 Å². The van der Waals surface area contributed by atoms with Gasteiger partial charge in [0.25, 0.3) is 11.5 Å². The SMILES string of the molecule is Cc1c(NC(=O)CC(C)(O)CNC(=O)c2cc(Cl)c(F)cc2OC(C)C)c(=O)n(-c2ccccc2)n1C. The molecule has 0 fully saturated rings. The van der Waals surface area contributed by atoms with Gasteiger partial charge >= 0.3 is 0 Å². The first-order valence-corrected chi connectivity index (χ1v) is 12.0. The number of aromatic nitrogens is 2. The van der Waals surface area contributed by atoms with E-state index in [0.717, 1.165) is 12.1 Å². The summed E-state index contributed by atoms with van der Waals surface area (Å²) >= 11 is 5.84. The van der Waals surface area contributed by atoms with E-state index >= 15 is 0 Å². The van der Waals surface area contributed by atoms with E-state index < -0.39 is 35.2 Å². The lowest BCUT2D eigenvalue weighted by Crippen LogP contribution is -2.43. The molecule has 0 aliphatic rings. The van der Waals surface area contributed by atoms with Crippen molar-refractivity contribution >= 4 is 29.1 Å². The van der Waals surface area contributed by atoms with E-state index in [4.69, 9.17) is 16.3 Å². The second-order valence-corrected chi connectivity index (χ2v) is 9.68. The largest absolute Gasteiger partial charge is 0.490 e. The third-order valence-corrected chi connectivity index (χ3v) is 5.91. The van der Waals surface area contributed by atoms with Crippen LogP contribution in [-0.4, -0.2) is 44.5 Å². The molecular weight excluding hydrogens is 503 g/mol. The zero-order valence-electron chi connectivity index (χ0n) is 21.3. The predicted octanol–water partition coefficient (Wildman–Crippen LogP) is 3.57. The Labute approximate surface area is 218 Å². The van der Waals surface area contributed by atoms with Gasteiger partial charge in [0, 0.05) is 19.7 Å². The Morgan fingerprint density at radius 1 is 1.22 bits per heavy atom. The predicted molar refractivity (Wildman–Crippen MR) is 139 cm³/mol. The van der Waals surface area contributed by atoms with E-state index in [1.54, 1.807) is 56.8 Å². The lowest BCUT2D eigenvalue weighted by molar-refractivity contribution is -0.120. The number of hydrogen-bond acceptors (Lipinski definition) is 5. The first-order valence-electron chi connectivity index (χ1n) is 11.6. The molecule has 0 bridgehead atoms. The van der Waals surface area contributed by atoms with Gasteiger partial charge in [-0.3, -0.25) is 19.1 Å². The summed E-state index contributed by atoms with van der Waals surface area (Å²) in [5.74, 6) is -2.01. The molecule has 0 radical (unpaired) electrons. The highest BCUT2D eigenvalue weighted by atomic mass is 35.5. The Balaban J connectivity index is 1.70. The number of rotatable bonds is 9. The maximum Gasteiger partial charge on any atom is 0.295 e. The maximum absolute atomic E-state index is 13.9. The lowest BCUT2D eigenvalue weighted by Gasteiger charge is -2.23. The Morgan fingerprint density at radius 3 is 2.49 bits per heavy atom. The van der Waals surface area contributed by atoms with Gasteiger partial charge < -0.3 is 20.5 Å². The molecule has 1 aromatic heterocycles. The first kappa shape index (κ1) is 27.9. The van der Waals surface area contributed by atoms with Crippen molar-refractivity contribution in [2.45, 2.75) is 45.8 Å². The summed E-state index contributed by atoms with van der Waals surface area (Å²) in [5.41, 5.74) is -0.840. The zero-order valence-corrected chi connectivity index (χ0v) is 22.0. The molecule has 0 saturated heterocycles. The Kier molecular flexibility index (Phi) is 8.45. The van der Waals surface area contributed by atoms with Gasteiger partial charge in [0.2, 0.25) is 5.91 Å². The number of halogens is 2. The van der Waals surface area contributed by atoms with E-state index in [-0.39, 0.29) is 34.7 Å². The minimum atomic E-state index is -1.66. The standard InChI is InChI=1S/C26H30ClFN4O5/c1-15(2)37-21-12-20(28)19(27)11-18(21)24(34)29-14-26(4,36)13-22(33)30-23-16(3)31(5)32(25(23)35)17-9-7-6-8-10-17/h6-12,15,36H,13-14H2,1-5H3,(H,29,34)(H,30,33). The number of carbonyl (C=O) groups is 2. The smallest absolute Gasteiger partial charge is 0.295 e. The molecule has 0 aliphatic carbocycles. The van der Waals surface area contributed by atoms with Crippen molar-refractivity contribution in [3.05, 3.63) is 74.9 Å². The number of benzene rings is 2. The zero-order chi connectivity index (χ0) is 27.5. The summed E-state index contributed by atoms with van der Waals surface area (Å²) in [6.07, 6.45) is -0.738. The van der Waals surface area contributed by atoms with Crippen LogP contribution in [0.3, 0.4) is 0 Å². The number of anilines is 1. The normalized spacial score (nSPS) is 12.8. The Morgan fingerprint density at radius 2 is 1.86 bits per heavy atom. The van der Waals surface area contributed by atoms with Crippen LogP contribution in [0.25, 0.3) is 5.69 Å². The summed E-state index contributed by atoms with van der Waals surface area (Å²) in [7, 11) is 1.70. The second kappa shape index (κ2) is 11.2. The van der Waals surface area contributed by atoms with Crippen molar-refractivity contribution in [2.24, 2.45) is 7.05 Å². The molecule has 1 atom stereocenters. The number of nitrogens with one attached hydrogen (secondary N) is 2. The third kappa shape index (κ3) is 6.58. The highest BCUT2D eigenvalue weighted by Crippen LogP contribution is 2.27. The van der Waals surface area contributed by atoms with Crippen LogP contribution in [0, 0.1) is 12.7 Å². The van der Waals surface area contributed by atoms with Gasteiger partial charge in [-0.2, -0.15) is 0 Å². The molecule has 1 unspecified atom stereocenters. The van der Waals surface area contributed by atoms with Crippen LogP contribution in [0.4, 0.5) is 10.1 Å². The van der Waals surface area contributed by atoms with Crippen molar-refractivity contribution in [1.29, 1.82) is 0 Å². The summed E-state index contributed by atoms with van der Waals surface area (Å²) in [4.78, 5) is 38.5. The van der Waals surface area contributed by atoms with Crippen molar-refractivity contribution in [3.63, 3.8) is 0 Å². The monoisotopic (exact) mass is 532 g/mol. The number of para-hydroxylation sites is 1. The van der Waals surface area contributed by atoms with E-state index in [2.05, 4.69) is 10.6 Å². The summed E-state index contributed by atoms with van der Waals surface area (Å²) in [6.45, 7) is 6.20. The molecule has 2 aromatic carbocycles. The number of carbonyl (C=O) groups excluding carboxylic acids is 2. The van der Waals surface area contributed by atoms with Crippen molar-refractivity contribution in [2.75, 3.05) is 11.9 Å². The van der Waals surface area contributed by atoms with E-state index in [0.29, 0.717) is 11.4 Å². The fraction of sp³-hybridized carbons (Fsp3) is 0.346. The molecule has 1 heterocycles. The molecule has 3 aromatic rings. The highest BCUT2D eigenvalue weighted by molar-refractivity contribution is 6.31. The minimum Gasteiger partial charge on any atom is -0.490 e. The van der Waals surface area contributed by atoms with Gasteiger partial charge in [-0.1, -0.05) is 29.8 Å². The molecular formula is C26H30ClFN4O5. The second-order valence-electron chi connectivity index (χ2n) is 9.27. The van der Waals surface area contributed by atoms with Gasteiger partial charge in [-0.05, 0) is 45.9 Å². The van der Waals surface area contributed by atoms with E-state index in [9.17, 15) is 23.9 Å². The van der Waals surface area contributed by atoms with Gasteiger partial charge in [-0.25, -0.2) is 9.07 Å². The summed E-state index contributed by atoms with van der Waals surface area (Å²) in [5, 5.41) is 15.6. The number of nitrogens with zero attached hydrogens (tertiary/aromatic N) is 2. The number of amides is 2. The van der Waals surface area contributed by atoms with Crippen molar-refractivity contribution in [1.82, 2.24) is 14.7 Å². The summed E-state index contributed by atoms with van der Waals surface area (Å²) < 4.78 is 22.5. The number of ether oxygens (including phenoxy) is 1. The Bertz CT molecular complexity index is 1370. The van der Waals surface area contributed by atoms with Crippen LogP contribution < -0.4 is 20.9 Å². The molecule has 9 nitrogen and oxygen atoms in total. The molecule has 3 N–H and O–H groups in total. The van der Waals surface area contributed by atoms with Crippen LogP contribution in [0.5, 0.6) is 5.75 Å². The number of hydrogen-bond donors (Lipinski definition) is 3. The van der Waals surface area contributed by atoms with Crippen LogP contribution in [-0.2, 0) is 11.8 Å². The maximum atomic E-state index is 13.9. The fourth-order valence-corrected chi connectivity index (χ4v) is 3.89. The van der Waals surface area contributed by atoms with Crippen LogP contribution in [0.1, 0.15) is 43.2 Å². The third-order valence-electron chi connectivity index (χ3n) is 5.62. The molecule has 2 amide bonds. The minimum absolute atomic E-state index is 0.000958. The van der Waals surface area contributed by atoms with Crippen molar-refractivity contribution < 1.29 is 23.8 Å². The average Bonchev–Trinajstić information content (AvgIpc) is 3.02. The molecule has 11 heteroatoms. The fourth-order valence-electron chi connectivity index (χ4n) is 3.73. The average molecular weight is 533 g/mol. The number of aliphatic hydroxyl groups is 1. The first-order chi connectivity index (χ1) is 17.3. The molecule has 37 heavy (non-hydrogen) atoms. The van der Waals surface area contributed by atoms with Crippen LogP contribution >= 0.6 is 11.6 Å². The van der Waals surface area contributed by atoms with Crippen molar-refractivity contribution in [3.8, 4) is 11.4 Å². The van der Waals surface area contributed by atoms with Gasteiger partial charge in [0.05, 0.1) is 40.1 Å². The van der Waals surface area contributed by atoms with Gasteiger partial charge in [-0.15, -0.1) is 0 Å². The van der Waals surface area contributed by atoms with Gasteiger partial charge in [0.15, 0.2) is 0 Å². The quantitative estimate of drug-likeness (QED) is 0.390.